The number of ether oxygens (including phenoxy) is 1. The monoisotopic (exact) mass is 367 g/mol. The molecular weight excluding hydrogens is 342 g/mol. The molecule has 0 radical (unpaired) electrons. The molecule has 27 heavy (non-hydrogen) atoms. The summed E-state index contributed by atoms with van der Waals surface area (Å²) in [6.45, 7) is 3.06. The third-order valence-corrected chi connectivity index (χ3v) is 4.74. The maximum atomic E-state index is 12.6. The van der Waals surface area contributed by atoms with Gasteiger partial charge in [-0.25, -0.2) is 4.79 Å². The van der Waals surface area contributed by atoms with E-state index in [-0.39, 0.29) is 11.9 Å². The maximum Gasteiger partial charge on any atom is 0.322 e. The van der Waals surface area contributed by atoms with Gasteiger partial charge in [0.15, 0.2) is 0 Å². The van der Waals surface area contributed by atoms with Crippen LogP contribution in [-0.2, 0) is 11.3 Å². The standard InChI is InChI=1S/C21H25N3O3/c1-15-5-7-16(8-6-15)14-22-20(25)19-4-3-13-24(19)21(26)23-17-9-11-18(27-2)12-10-17/h5-12,19H,3-4,13-14H2,1-2H3,(H,22,25)(H,23,26)/t19-/m0/s1. The Labute approximate surface area is 159 Å². The molecule has 1 fully saturated rings. The Morgan fingerprint density at radius 2 is 1.81 bits per heavy atom. The van der Waals surface area contributed by atoms with Crippen LogP contribution in [0.3, 0.4) is 0 Å². The zero-order valence-corrected chi connectivity index (χ0v) is 15.7. The molecule has 2 aromatic carbocycles. The molecule has 6 nitrogen and oxygen atoms in total. The largest absolute Gasteiger partial charge is 0.497 e. The SMILES string of the molecule is COc1ccc(NC(=O)N2CCC[C@H]2C(=O)NCc2ccc(C)cc2)cc1. The summed E-state index contributed by atoms with van der Waals surface area (Å²) in [6.07, 6.45) is 1.49. The van der Waals surface area contributed by atoms with E-state index in [0.29, 0.717) is 25.2 Å². The van der Waals surface area contributed by atoms with Crippen molar-refractivity contribution in [2.75, 3.05) is 19.0 Å². The lowest BCUT2D eigenvalue weighted by Crippen LogP contribution is -2.47. The lowest BCUT2D eigenvalue weighted by atomic mass is 10.1. The second-order valence-corrected chi connectivity index (χ2v) is 6.71. The van der Waals surface area contributed by atoms with Crippen molar-refractivity contribution >= 4 is 17.6 Å². The quantitative estimate of drug-likeness (QED) is 0.852. The van der Waals surface area contributed by atoms with Crippen LogP contribution in [0.2, 0.25) is 0 Å². The molecule has 1 aliphatic heterocycles. The Bertz CT molecular complexity index is 787. The van der Waals surface area contributed by atoms with E-state index in [1.54, 1.807) is 36.3 Å². The summed E-state index contributed by atoms with van der Waals surface area (Å²) in [4.78, 5) is 26.8. The number of amides is 3. The highest BCUT2D eigenvalue weighted by atomic mass is 16.5. The first-order chi connectivity index (χ1) is 13.1. The second-order valence-electron chi connectivity index (χ2n) is 6.71. The number of benzene rings is 2. The van der Waals surface area contributed by atoms with Crippen molar-refractivity contribution in [1.82, 2.24) is 10.2 Å². The third-order valence-electron chi connectivity index (χ3n) is 4.74. The zero-order chi connectivity index (χ0) is 19.2. The molecule has 1 atom stereocenters. The van der Waals surface area contributed by atoms with E-state index in [2.05, 4.69) is 10.6 Å². The Hall–Kier alpha value is -3.02. The van der Waals surface area contributed by atoms with Gasteiger partial charge in [-0.05, 0) is 49.6 Å². The van der Waals surface area contributed by atoms with Gasteiger partial charge < -0.3 is 20.3 Å². The van der Waals surface area contributed by atoms with Crippen molar-refractivity contribution in [3.05, 3.63) is 59.7 Å². The van der Waals surface area contributed by atoms with E-state index in [0.717, 1.165) is 17.7 Å². The molecule has 142 valence electrons. The van der Waals surface area contributed by atoms with Gasteiger partial charge in [0.25, 0.3) is 0 Å². The average Bonchev–Trinajstić information content (AvgIpc) is 3.18. The van der Waals surface area contributed by atoms with Gasteiger partial charge in [-0.2, -0.15) is 0 Å². The van der Waals surface area contributed by atoms with Crippen LogP contribution in [0.5, 0.6) is 5.75 Å². The Morgan fingerprint density at radius 3 is 2.48 bits per heavy atom. The second kappa shape index (κ2) is 8.58. The number of carbonyl (C=O) groups excluding carboxylic acids is 2. The molecule has 1 saturated heterocycles. The summed E-state index contributed by atoms with van der Waals surface area (Å²) in [7, 11) is 1.59. The zero-order valence-electron chi connectivity index (χ0n) is 15.7. The predicted octanol–water partition coefficient (Wildman–Crippen LogP) is 3.32. The fourth-order valence-electron chi connectivity index (χ4n) is 3.16. The number of rotatable bonds is 5. The number of likely N-dealkylation sites (tertiary alicyclic amines) is 1. The fourth-order valence-corrected chi connectivity index (χ4v) is 3.16. The van der Waals surface area contributed by atoms with Gasteiger partial charge in [0.05, 0.1) is 7.11 Å². The lowest BCUT2D eigenvalue weighted by Gasteiger charge is -2.24. The highest BCUT2D eigenvalue weighted by Gasteiger charge is 2.34. The van der Waals surface area contributed by atoms with Gasteiger partial charge in [-0.1, -0.05) is 29.8 Å². The summed E-state index contributed by atoms with van der Waals surface area (Å²) in [6, 6.07) is 14.5. The Balaban J connectivity index is 1.57. The molecular formula is C21H25N3O3. The van der Waals surface area contributed by atoms with Gasteiger partial charge in [-0.15, -0.1) is 0 Å². The summed E-state index contributed by atoms with van der Waals surface area (Å²) >= 11 is 0. The molecule has 2 aromatic rings. The van der Waals surface area contributed by atoms with E-state index in [4.69, 9.17) is 4.74 Å². The number of nitrogens with zero attached hydrogens (tertiary/aromatic N) is 1. The first kappa shape index (κ1) is 18.8. The molecule has 0 unspecified atom stereocenters. The molecule has 1 heterocycles. The minimum Gasteiger partial charge on any atom is -0.497 e. The number of carbonyl (C=O) groups is 2. The van der Waals surface area contributed by atoms with Gasteiger partial charge in [0, 0.05) is 18.8 Å². The smallest absolute Gasteiger partial charge is 0.322 e. The summed E-state index contributed by atoms with van der Waals surface area (Å²) < 4.78 is 5.12. The van der Waals surface area contributed by atoms with Crippen LogP contribution >= 0.6 is 0 Å². The van der Waals surface area contributed by atoms with Gasteiger partial charge in [0.2, 0.25) is 5.91 Å². The summed E-state index contributed by atoms with van der Waals surface area (Å²) in [5.41, 5.74) is 2.90. The molecule has 3 rings (SSSR count). The molecule has 6 heteroatoms. The Kier molecular flexibility index (Phi) is 5.96. The topological polar surface area (TPSA) is 70.7 Å². The van der Waals surface area contributed by atoms with Crippen LogP contribution in [0.1, 0.15) is 24.0 Å². The molecule has 0 aliphatic carbocycles. The number of hydrogen-bond donors (Lipinski definition) is 2. The van der Waals surface area contributed by atoms with Gasteiger partial charge in [-0.3, -0.25) is 4.79 Å². The molecule has 2 N–H and O–H groups in total. The first-order valence-corrected chi connectivity index (χ1v) is 9.12. The van der Waals surface area contributed by atoms with Gasteiger partial charge >= 0.3 is 6.03 Å². The number of hydrogen-bond acceptors (Lipinski definition) is 3. The number of urea groups is 1. The van der Waals surface area contributed by atoms with Crippen LogP contribution in [-0.4, -0.2) is 36.5 Å². The first-order valence-electron chi connectivity index (χ1n) is 9.12. The molecule has 1 aliphatic rings. The molecule has 3 amide bonds. The van der Waals surface area contributed by atoms with Crippen molar-refractivity contribution < 1.29 is 14.3 Å². The molecule has 0 saturated carbocycles. The highest BCUT2D eigenvalue weighted by Crippen LogP contribution is 2.20. The minimum absolute atomic E-state index is 0.113. The minimum atomic E-state index is -0.436. The fraction of sp³-hybridized carbons (Fsp3) is 0.333. The van der Waals surface area contributed by atoms with Crippen molar-refractivity contribution in [2.24, 2.45) is 0 Å². The molecule has 0 bridgehead atoms. The summed E-state index contributed by atoms with van der Waals surface area (Å²) in [5.74, 6) is 0.612. The van der Waals surface area contributed by atoms with Crippen LogP contribution in [0, 0.1) is 6.92 Å². The normalized spacial score (nSPS) is 16.1. The van der Waals surface area contributed by atoms with E-state index < -0.39 is 6.04 Å². The lowest BCUT2D eigenvalue weighted by molar-refractivity contribution is -0.124. The van der Waals surface area contributed by atoms with E-state index in [9.17, 15) is 9.59 Å². The van der Waals surface area contributed by atoms with Crippen molar-refractivity contribution in [3.8, 4) is 5.75 Å². The number of anilines is 1. The van der Waals surface area contributed by atoms with Crippen molar-refractivity contribution in [1.29, 1.82) is 0 Å². The van der Waals surface area contributed by atoms with Crippen molar-refractivity contribution in [3.63, 3.8) is 0 Å². The predicted molar refractivity (Wildman–Crippen MR) is 105 cm³/mol. The van der Waals surface area contributed by atoms with Crippen LogP contribution in [0.15, 0.2) is 48.5 Å². The average molecular weight is 367 g/mol. The maximum absolute atomic E-state index is 12.6. The summed E-state index contributed by atoms with van der Waals surface area (Å²) in [5, 5.41) is 5.80. The van der Waals surface area contributed by atoms with E-state index in [1.807, 2.05) is 31.2 Å². The Morgan fingerprint density at radius 1 is 1.11 bits per heavy atom. The van der Waals surface area contributed by atoms with Gasteiger partial charge in [0.1, 0.15) is 11.8 Å². The van der Waals surface area contributed by atoms with Crippen LogP contribution in [0.4, 0.5) is 10.5 Å². The van der Waals surface area contributed by atoms with E-state index in [1.165, 1.54) is 5.56 Å². The van der Waals surface area contributed by atoms with Crippen LogP contribution in [0.25, 0.3) is 0 Å². The number of nitrogens with one attached hydrogen (secondary N) is 2. The number of aryl methyl sites for hydroxylation is 1. The molecule has 0 spiro atoms. The van der Waals surface area contributed by atoms with E-state index >= 15 is 0 Å². The molecule has 0 aromatic heterocycles. The van der Waals surface area contributed by atoms with Crippen molar-refractivity contribution in [2.45, 2.75) is 32.4 Å². The number of methoxy groups -OCH3 is 1. The third kappa shape index (κ3) is 4.78. The highest BCUT2D eigenvalue weighted by molar-refractivity contribution is 5.94. The van der Waals surface area contributed by atoms with Crippen LogP contribution < -0.4 is 15.4 Å².